The van der Waals surface area contributed by atoms with Crippen molar-refractivity contribution in [3.63, 3.8) is 0 Å². The minimum atomic E-state index is -2.78. The van der Waals surface area contributed by atoms with Crippen molar-refractivity contribution in [3.05, 3.63) is 273 Å². The van der Waals surface area contributed by atoms with Crippen molar-refractivity contribution in [1.82, 2.24) is 4.57 Å². The zero-order valence-electron chi connectivity index (χ0n) is 38.9. The largest absolute Gasteiger partial charge is 0.458 e. The van der Waals surface area contributed by atoms with Gasteiger partial charge in [-0.05, 0) is 115 Å². The van der Waals surface area contributed by atoms with Crippen LogP contribution in [0.25, 0.3) is 60.9 Å². The van der Waals surface area contributed by atoms with E-state index in [1.165, 1.54) is 70.3 Å². The molecule has 0 atom stereocenters. The minimum Gasteiger partial charge on any atom is -0.458 e. The molecule has 0 unspecified atom stereocenters. The fourth-order valence-corrected chi connectivity index (χ4v) is 16.7. The van der Waals surface area contributed by atoms with Crippen molar-refractivity contribution in [3.8, 4) is 50.6 Å². The number of rotatable bonds is 8. The third-order valence-electron chi connectivity index (χ3n) is 15.0. The Morgan fingerprint density at radius 3 is 1.52 bits per heavy atom. The Hall–Kier alpha value is -8.90. The summed E-state index contributed by atoms with van der Waals surface area (Å²) >= 11 is 0. The van der Waals surface area contributed by atoms with E-state index in [2.05, 4.69) is 282 Å². The third-order valence-corrected chi connectivity index (χ3v) is 19.7. The van der Waals surface area contributed by atoms with Crippen LogP contribution in [0.4, 0.5) is 11.4 Å². The Balaban J connectivity index is 0.975. The first-order valence-corrected chi connectivity index (χ1v) is 26.5. The van der Waals surface area contributed by atoms with Gasteiger partial charge in [-0.25, -0.2) is 0 Å². The lowest BCUT2D eigenvalue weighted by Gasteiger charge is -2.42. The summed E-state index contributed by atoms with van der Waals surface area (Å²) in [5, 5.41) is 7.92. The van der Waals surface area contributed by atoms with Gasteiger partial charge in [0, 0.05) is 38.9 Å². The molecule has 2 aliphatic heterocycles. The second-order valence-corrected chi connectivity index (χ2v) is 22.6. The maximum absolute atomic E-state index is 7.02. The lowest BCUT2D eigenvalue weighted by atomic mass is 9.44. The molecule has 0 saturated heterocycles. The molecule has 12 aromatic rings. The standard InChI is InChI=1S/C66H45BN2OSi/c1-5-23-50(24-6-1)69-63-44-48(47-22-20-32-55(42-47)71(52-26-7-2-8-27-52,53-28-9-3-10-29-53)54-30-11-4-12-31-54)39-40-58(63)59-43-49(45-65-66(59)67(69)60-35-15-18-38-64(60)70-65)46-21-19-25-51(41-46)68-61-36-16-13-33-56(61)57-34-14-17-37-62(57)68/h1-45H. The van der Waals surface area contributed by atoms with E-state index >= 15 is 0 Å². The van der Waals surface area contributed by atoms with Crippen molar-refractivity contribution in [1.29, 1.82) is 0 Å². The quantitative estimate of drug-likeness (QED) is 0.112. The van der Waals surface area contributed by atoms with Gasteiger partial charge in [0.1, 0.15) is 11.5 Å². The summed E-state index contributed by atoms with van der Waals surface area (Å²) in [5.74, 6) is 1.76. The van der Waals surface area contributed by atoms with Crippen LogP contribution in [0.2, 0.25) is 0 Å². The van der Waals surface area contributed by atoms with Gasteiger partial charge in [0.05, 0.1) is 11.0 Å². The van der Waals surface area contributed by atoms with Crippen molar-refractivity contribution < 1.29 is 4.74 Å². The van der Waals surface area contributed by atoms with E-state index < -0.39 is 8.07 Å². The van der Waals surface area contributed by atoms with Gasteiger partial charge in [0.15, 0.2) is 8.07 Å². The molecule has 0 aliphatic carbocycles. The van der Waals surface area contributed by atoms with Crippen molar-refractivity contribution in [2.75, 3.05) is 4.81 Å². The summed E-state index contributed by atoms with van der Waals surface area (Å²) in [7, 11) is -2.78. The molecule has 1 aromatic heterocycles. The minimum absolute atomic E-state index is 0.131. The monoisotopic (exact) mass is 920 g/mol. The number of hydrogen-bond donors (Lipinski definition) is 0. The SMILES string of the molecule is c1ccc(N2B3c4ccccc4Oc4cc(-c5cccc(-n6c7ccccc7c7ccccc76)c5)cc(c43)-c3ccc(-c4cccc([Si](c5ccccc5)(c5ccccc5)c5ccccc5)c4)cc32)cc1. The molecule has 3 heterocycles. The van der Waals surface area contributed by atoms with Crippen molar-refractivity contribution >= 4 is 79.8 Å². The highest BCUT2D eigenvalue weighted by Gasteiger charge is 2.45. The number of aromatic nitrogens is 1. The molecule has 2 aliphatic rings. The highest BCUT2D eigenvalue weighted by Crippen LogP contribution is 2.47. The molecular weight excluding hydrogens is 876 g/mol. The topological polar surface area (TPSA) is 17.4 Å². The predicted octanol–water partition coefficient (Wildman–Crippen LogP) is 12.5. The smallest absolute Gasteiger partial charge is 0.336 e. The molecule has 14 rings (SSSR count). The molecule has 3 nitrogen and oxygen atoms in total. The second-order valence-electron chi connectivity index (χ2n) is 18.8. The zero-order valence-corrected chi connectivity index (χ0v) is 39.9. The lowest BCUT2D eigenvalue weighted by molar-refractivity contribution is 0.487. The Kier molecular flexibility index (Phi) is 9.65. The number of benzene rings is 11. The number of nitrogens with zero attached hydrogens (tertiary/aromatic N) is 2. The van der Waals surface area contributed by atoms with Gasteiger partial charge >= 0.3 is 6.85 Å². The first-order chi connectivity index (χ1) is 35.2. The molecule has 0 saturated carbocycles. The zero-order chi connectivity index (χ0) is 46.9. The summed E-state index contributed by atoms with van der Waals surface area (Å²) in [4.78, 5) is 2.55. The van der Waals surface area contributed by atoms with Crippen LogP contribution in [-0.2, 0) is 0 Å². The fraction of sp³-hybridized carbons (Fsp3) is 0. The van der Waals surface area contributed by atoms with Crippen LogP contribution in [0.1, 0.15) is 0 Å². The molecule has 0 fully saturated rings. The van der Waals surface area contributed by atoms with Gasteiger partial charge in [-0.2, -0.15) is 0 Å². The first-order valence-electron chi connectivity index (χ1n) is 24.5. The maximum atomic E-state index is 7.02. The Bertz CT molecular complexity index is 3840. The van der Waals surface area contributed by atoms with E-state index in [1.54, 1.807) is 0 Å². The summed E-state index contributed by atoms with van der Waals surface area (Å²) < 4.78 is 9.42. The van der Waals surface area contributed by atoms with E-state index in [0.717, 1.165) is 45.2 Å². The van der Waals surface area contributed by atoms with Crippen LogP contribution >= 0.6 is 0 Å². The van der Waals surface area contributed by atoms with E-state index in [-0.39, 0.29) is 6.85 Å². The molecule has 0 spiro atoms. The van der Waals surface area contributed by atoms with Crippen LogP contribution in [-0.4, -0.2) is 19.5 Å². The number of ether oxygens (including phenoxy) is 1. The highest BCUT2D eigenvalue weighted by molar-refractivity contribution is 7.20. The van der Waals surface area contributed by atoms with E-state index in [4.69, 9.17) is 4.74 Å². The second kappa shape index (κ2) is 16.7. The first kappa shape index (κ1) is 41.1. The van der Waals surface area contributed by atoms with Gasteiger partial charge in [-0.15, -0.1) is 0 Å². The number of anilines is 2. The summed E-state index contributed by atoms with van der Waals surface area (Å²) in [5.41, 5.74) is 15.1. The molecule has 5 heteroatoms. The van der Waals surface area contributed by atoms with Crippen molar-refractivity contribution in [2.45, 2.75) is 0 Å². The normalized spacial score (nSPS) is 12.6. The average molecular weight is 921 g/mol. The van der Waals surface area contributed by atoms with Gasteiger partial charge < -0.3 is 14.1 Å². The Morgan fingerprint density at radius 2 is 0.859 bits per heavy atom. The Morgan fingerprint density at radius 1 is 0.338 bits per heavy atom. The van der Waals surface area contributed by atoms with Crippen LogP contribution in [0.15, 0.2) is 273 Å². The van der Waals surface area contributed by atoms with Gasteiger partial charge in [-0.3, -0.25) is 0 Å². The Labute approximate surface area is 415 Å². The summed E-state index contributed by atoms with van der Waals surface area (Å²) in [6.45, 7) is -0.131. The lowest BCUT2D eigenvalue weighted by Crippen LogP contribution is -2.74. The van der Waals surface area contributed by atoms with Crippen LogP contribution < -0.4 is 41.2 Å². The number of para-hydroxylation sites is 4. The van der Waals surface area contributed by atoms with E-state index in [1.807, 2.05) is 0 Å². The number of fused-ring (bicyclic) bond motifs is 7. The molecule has 0 radical (unpaired) electrons. The summed E-state index contributed by atoms with van der Waals surface area (Å²) in [6, 6.07) is 101. The average Bonchev–Trinajstić information content (AvgIpc) is 3.79. The number of hydrogen-bond acceptors (Lipinski definition) is 2. The fourth-order valence-electron chi connectivity index (χ4n) is 11.9. The molecule has 332 valence electrons. The predicted molar refractivity (Wildman–Crippen MR) is 301 cm³/mol. The van der Waals surface area contributed by atoms with Crippen LogP contribution in [0.3, 0.4) is 0 Å². The summed E-state index contributed by atoms with van der Waals surface area (Å²) in [6.07, 6.45) is 0. The molecule has 71 heavy (non-hydrogen) atoms. The van der Waals surface area contributed by atoms with Gasteiger partial charge in [0.25, 0.3) is 0 Å². The molecule has 0 amide bonds. The maximum Gasteiger partial charge on any atom is 0.336 e. The highest BCUT2D eigenvalue weighted by atomic mass is 28.3. The third kappa shape index (κ3) is 6.51. The van der Waals surface area contributed by atoms with Crippen LogP contribution in [0.5, 0.6) is 11.5 Å². The molecular formula is C66H45BN2OSi. The molecule has 11 aromatic carbocycles. The van der Waals surface area contributed by atoms with Crippen LogP contribution in [0, 0.1) is 0 Å². The van der Waals surface area contributed by atoms with E-state index in [9.17, 15) is 0 Å². The van der Waals surface area contributed by atoms with Gasteiger partial charge in [0.2, 0.25) is 0 Å². The van der Waals surface area contributed by atoms with Crippen molar-refractivity contribution in [2.24, 2.45) is 0 Å². The van der Waals surface area contributed by atoms with E-state index in [0.29, 0.717) is 0 Å². The molecule has 0 bridgehead atoms. The molecule has 0 N–H and O–H groups in total. The van der Waals surface area contributed by atoms with Gasteiger partial charge in [-0.1, -0.05) is 212 Å².